The summed E-state index contributed by atoms with van der Waals surface area (Å²) in [4.78, 5) is 29.9. The van der Waals surface area contributed by atoms with Gasteiger partial charge in [-0.2, -0.15) is 0 Å². The van der Waals surface area contributed by atoms with E-state index in [9.17, 15) is 9.59 Å². The van der Waals surface area contributed by atoms with E-state index in [1.54, 1.807) is 17.0 Å². The smallest absolute Gasteiger partial charge is 0.336 e. The van der Waals surface area contributed by atoms with E-state index in [1.165, 1.54) is 4.68 Å². The maximum Gasteiger partial charge on any atom is 0.346 e. The third-order valence-corrected chi connectivity index (χ3v) is 5.85. The van der Waals surface area contributed by atoms with Crippen molar-refractivity contribution in [1.82, 2.24) is 30.0 Å². The third-order valence-electron chi connectivity index (χ3n) is 5.85. The average Bonchev–Trinajstić information content (AvgIpc) is 3.67. The third kappa shape index (κ3) is 4.76. The Bertz CT molecular complexity index is 1260. The molecule has 2 N–H and O–H groups in total. The lowest BCUT2D eigenvalue weighted by molar-refractivity contribution is 0.238. The molecule has 2 aromatic heterocycles. The number of rotatable bonds is 8. The normalized spacial score (nSPS) is 13.1. The van der Waals surface area contributed by atoms with Gasteiger partial charge in [0.1, 0.15) is 0 Å². The fraction of sp³-hybridized carbons (Fsp3) is 0.231. The van der Waals surface area contributed by atoms with Gasteiger partial charge in [-0.05, 0) is 36.1 Å². The van der Waals surface area contributed by atoms with Crippen LogP contribution >= 0.6 is 0 Å². The number of urea groups is 1. The van der Waals surface area contributed by atoms with Gasteiger partial charge in [0.15, 0.2) is 5.82 Å². The van der Waals surface area contributed by atoms with Crippen molar-refractivity contribution in [3.63, 3.8) is 0 Å². The molecule has 0 radical (unpaired) electrons. The first-order valence-corrected chi connectivity index (χ1v) is 11.4. The van der Waals surface area contributed by atoms with Gasteiger partial charge in [0.25, 0.3) is 0 Å². The molecule has 4 aromatic rings. The molecule has 0 aliphatic heterocycles. The molecule has 2 amide bonds. The van der Waals surface area contributed by atoms with Crippen molar-refractivity contribution in [2.24, 2.45) is 0 Å². The Kier molecular flexibility index (Phi) is 6.20. The lowest BCUT2D eigenvalue weighted by Gasteiger charge is -2.20. The summed E-state index contributed by atoms with van der Waals surface area (Å²) in [5.74, 6) is 0.623. The highest BCUT2D eigenvalue weighted by molar-refractivity contribution is 5.75. The Morgan fingerprint density at radius 1 is 0.971 bits per heavy atom. The summed E-state index contributed by atoms with van der Waals surface area (Å²) >= 11 is 0. The van der Waals surface area contributed by atoms with Crippen LogP contribution in [-0.2, 0) is 6.54 Å². The predicted molar refractivity (Wildman–Crippen MR) is 129 cm³/mol. The molecule has 8 nitrogen and oxygen atoms in total. The highest BCUT2D eigenvalue weighted by Gasteiger charge is 2.30. The first-order chi connectivity index (χ1) is 16.7. The molecule has 2 aromatic carbocycles. The van der Waals surface area contributed by atoms with Gasteiger partial charge in [0.05, 0.1) is 12.6 Å². The predicted octanol–water partition coefficient (Wildman–Crippen LogP) is 3.53. The Morgan fingerprint density at radius 3 is 2.24 bits per heavy atom. The van der Waals surface area contributed by atoms with E-state index in [2.05, 4.69) is 20.7 Å². The number of carbonyl (C=O) groups excluding carboxylic acids is 1. The number of amides is 2. The molecule has 1 aliphatic carbocycles. The molecule has 34 heavy (non-hydrogen) atoms. The molecule has 0 spiro atoms. The zero-order valence-corrected chi connectivity index (χ0v) is 18.7. The van der Waals surface area contributed by atoms with E-state index in [4.69, 9.17) is 0 Å². The summed E-state index contributed by atoms with van der Waals surface area (Å²) in [5, 5.41) is 10.5. The highest BCUT2D eigenvalue weighted by Crippen LogP contribution is 2.36. The van der Waals surface area contributed by atoms with E-state index in [-0.39, 0.29) is 36.9 Å². The van der Waals surface area contributed by atoms with Gasteiger partial charge in [-0.3, -0.25) is 9.55 Å². The standard InChI is InChI=1S/C26H26N6O2/c33-25(29-23(19-8-3-1-4-9-19)20-10-5-2-6-11-20)28-16-17-31-26(34)32(22-13-14-22)24(30-31)21-12-7-15-27-18-21/h1-12,15,18,22-23H,13-14,16-17H2,(H2,28,29,33). The van der Waals surface area contributed by atoms with E-state index in [0.717, 1.165) is 29.5 Å². The zero-order valence-electron chi connectivity index (χ0n) is 18.7. The molecule has 1 fully saturated rings. The molecule has 0 unspecified atom stereocenters. The molecule has 0 atom stereocenters. The summed E-state index contributed by atoms with van der Waals surface area (Å²) in [5.41, 5.74) is 2.63. The fourth-order valence-corrected chi connectivity index (χ4v) is 4.03. The second-order valence-corrected chi connectivity index (χ2v) is 8.33. The van der Waals surface area contributed by atoms with Gasteiger partial charge in [0, 0.05) is 30.5 Å². The summed E-state index contributed by atoms with van der Waals surface area (Å²) in [6, 6.07) is 23.0. The van der Waals surface area contributed by atoms with Gasteiger partial charge >= 0.3 is 11.7 Å². The number of aromatic nitrogens is 4. The second-order valence-electron chi connectivity index (χ2n) is 8.33. The Labute approximate surface area is 197 Å². The minimum atomic E-state index is -0.306. The maximum absolute atomic E-state index is 13.0. The topological polar surface area (TPSA) is 93.8 Å². The molecule has 0 bridgehead atoms. The van der Waals surface area contributed by atoms with E-state index < -0.39 is 0 Å². The second kappa shape index (κ2) is 9.74. The number of nitrogens with one attached hydrogen (secondary N) is 2. The molecule has 172 valence electrons. The average molecular weight is 455 g/mol. The summed E-state index contributed by atoms with van der Waals surface area (Å²) in [6.07, 6.45) is 5.35. The largest absolute Gasteiger partial charge is 0.346 e. The number of hydrogen-bond donors (Lipinski definition) is 2. The first kappa shape index (κ1) is 21.6. The molecule has 1 aliphatic rings. The van der Waals surface area contributed by atoms with Crippen molar-refractivity contribution >= 4 is 6.03 Å². The minimum absolute atomic E-state index is 0.157. The molecular weight excluding hydrogens is 428 g/mol. The van der Waals surface area contributed by atoms with Crippen LogP contribution in [0.2, 0.25) is 0 Å². The number of carbonyl (C=O) groups is 1. The lowest BCUT2D eigenvalue weighted by atomic mass is 9.99. The van der Waals surface area contributed by atoms with Crippen LogP contribution in [-0.4, -0.2) is 31.9 Å². The minimum Gasteiger partial charge on any atom is -0.336 e. The SMILES string of the molecule is O=C(NCCn1nc(-c2cccnc2)n(C2CC2)c1=O)NC(c1ccccc1)c1ccccc1. The van der Waals surface area contributed by atoms with Gasteiger partial charge in [-0.25, -0.2) is 14.3 Å². The van der Waals surface area contributed by atoms with Crippen LogP contribution in [0.5, 0.6) is 0 Å². The van der Waals surface area contributed by atoms with Crippen LogP contribution in [0, 0.1) is 0 Å². The maximum atomic E-state index is 13.0. The van der Waals surface area contributed by atoms with Crippen molar-refractivity contribution < 1.29 is 4.79 Å². The van der Waals surface area contributed by atoms with Gasteiger partial charge in [0.2, 0.25) is 0 Å². The molecule has 8 heteroatoms. The number of benzene rings is 2. The Morgan fingerprint density at radius 2 is 1.65 bits per heavy atom. The van der Waals surface area contributed by atoms with Crippen molar-refractivity contribution in [2.45, 2.75) is 31.5 Å². The van der Waals surface area contributed by atoms with Crippen molar-refractivity contribution in [3.8, 4) is 11.4 Å². The molecular formula is C26H26N6O2. The molecule has 5 rings (SSSR count). The number of pyridine rings is 1. The van der Waals surface area contributed by atoms with Crippen molar-refractivity contribution in [1.29, 1.82) is 0 Å². The first-order valence-electron chi connectivity index (χ1n) is 11.4. The Balaban J connectivity index is 1.27. The zero-order chi connectivity index (χ0) is 23.3. The molecule has 0 saturated heterocycles. The molecule has 2 heterocycles. The number of nitrogens with zero attached hydrogens (tertiary/aromatic N) is 4. The van der Waals surface area contributed by atoms with Gasteiger partial charge in [-0.15, -0.1) is 5.10 Å². The van der Waals surface area contributed by atoms with E-state index in [1.807, 2.05) is 72.8 Å². The van der Waals surface area contributed by atoms with Crippen LogP contribution < -0.4 is 16.3 Å². The number of hydrogen-bond acceptors (Lipinski definition) is 4. The Hall–Kier alpha value is -4.20. The highest BCUT2D eigenvalue weighted by atomic mass is 16.2. The van der Waals surface area contributed by atoms with Crippen LogP contribution in [0.1, 0.15) is 36.1 Å². The van der Waals surface area contributed by atoms with Crippen LogP contribution in [0.3, 0.4) is 0 Å². The van der Waals surface area contributed by atoms with Crippen LogP contribution in [0.15, 0.2) is 90.0 Å². The quantitative estimate of drug-likeness (QED) is 0.426. The lowest BCUT2D eigenvalue weighted by Crippen LogP contribution is -2.40. The van der Waals surface area contributed by atoms with Crippen molar-refractivity contribution in [3.05, 3.63) is 107 Å². The van der Waals surface area contributed by atoms with Gasteiger partial charge < -0.3 is 10.6 Å². The van der Waals surface area contributed by atoms with E-state index in [0.29, 0.717) is 5.82 Å². The van der Waals surface area contributed by atoms with E-state index >= 15 is 0 Å². The van der Waals surface area contributed by atoms with Crippen molar-refractivity contribution in [2.75, 3.05) is 6.54 Å². The summed E-state index contributed by atoms with van der Waals surface area (Å²) in [7, 11) is 0. The summed E-state index contributed by atoms with van der Waals surface area (Å²) in [6.45, 7) is 0.552. The molecule has 1 saturated carbocycles. The van der Waals surface area contributed by atoms with Crippen LogP contribution in [0.25, 0.3) is 11.4 Å². The monoisotopic (exact) mass is 454 g/mol. The van der Waals surface area contributed by atoms with Crippen LogP contribution in [0.4, 0.5) is 4.79 Å². The fourth-order valence-electron chi connectivity index (χ4n) is 4.03. The summed E-state index contributed by atoms with van der Waals surface area (Å²) < 4.78 is 3.17. The van der Waals surface area contributed by atoms with Gasteiger partial charge in [-0.1, -0.05) is 60.7 Å².